The van der Waals surface area contributed by atoms with E-state index in [-0.39, 0.29) is 5.56 Å². The van der Waals surface area contributed by atoms with E-state index in [4.69, 9.17) is 5.11 Å². The first kappa shape index (κ1) is 16.5. The number of anilines is 1. The summed E-state index contributed by atoms with van der Waals surface area (Å²) in [5.41, 5.74) is 1.03. The summed E-state index contributed by atoms with van der Waals surface area (Å²) in [6, 6.07) is 4.35. The molecule has 2 N–H and O–H groups in total. The van der Waals surface area contributed by atoms with Crippen LogP contribution < -0.4 is 4.72 Å². The molecule has 0 fully saturated rings. The number of carboxylic acid groups (broad SMARTS) is 1. The van der Waals surface area contributed by atoms with Gasteiger partial charge in [0.1, 0.15) is 0 Å². The molecule has 1 rings (SSSR count). The zero-order valence-corrected chi connectivity index (χ0v) is 12.7. The molecule has 6 nitrogen and oxygen atoms in total. The molecule has 0 aliphatic rings. The van der Waals surface area contributed by atoms with E-state index in [0.717, 1.165) is 12.8 Å². The van der Waals surface area contributed by atoms with Crippen LogP contribution in [0, 0.1) is 6.92 Å². The quantitative estimate of drug-likeness (QED) is 0.807. The van der Waals surface area contributed by atoms with E-state index in [1.807, 2.05) is 6.92 Å². The topological polar surface area (TPSA) is 86.7 Å². The molecule has 112 valence electrons. The molecular formula is C13H20N2O4S. The van der Waals surface area contributed by atoms with Crippen LogP contribution in [0.15, 0.2) is 18.2 Å². The standard InChI is InChI=1S/C13H20N2O4S/c1-4-5-8-15(3)20(18,19)14-11-6-7-12(13(16)17)10(2)9-11/h6-7,9,14H,4-5,8H2,1-3H3,(H,16,17). The fourth-order valence-electron chi connectivity index (χ4n) is 1.69. The molecule has 1 aromatic rings. The highest BCUT2D eigenvalue weighted by atomic mass is 32.2. The van der Waals surface area contributed by atoms with Gasteiger partial charge in [0, 0.05) is 13.6 Å². The van der Waals surface area contributed by atoms with Gasteiger partial charge in [0.2, 0.25) is 0 Å². The zero-order chi connectivity index (χ0) is 15.3. The minimum atomic E-state index is -3.60. The number of carboxylic acids is 1. The molecule has 0 spiro atoms. The number of benzene rings is 1. The van der Waals surface area contributed by atoms with Crippen molar-refractivity contribution >= 4 is 21.9 Å². The number of nitrogens with one attached hydrogen (secondary N) is 1. The van der Waals surface area contributed by atoms with E-state index >= 15 is 0 Å². The average Bonchev–Trinajstić information content (AvgIpc) is 2.34. The summed E-state index contributed by atoms with van der Waals surface area (Å²) in [7, 11) is -2.09. The first-order valence-electron chi connectivity index (χ1n) is 6.36. The summed E-state index contributed by atoms with van der Waals surface area (Å²) < 4.78 is 27.8. The predicted octanol–water partition coefficient (Wildman–Crippen LogP) is 2.08. The molecule has 0 saturated heterocycles. The van der Waals surface area contributed by atoms with Crippen LogP contribution in [0.1, 0.15) is 35.7 Å². The lowest BCUT2D eigenvalue weighted by Crippen LogP contribution is -2.33. The third-order valence-electron chi connectivity index (χ3n) is 2.94. The first-order valence-corrected chi connectivity index (χ1v) is 7.80. The summed E-state index contributed by atoms with van der Waals surface area (Å²) in [6.07, 6.45) is 1.70. The van der Waals surface area contributed by atoms with Crippen molar-refractivity contribution in [3.63, 3.8) is 0 Å². The Morgan fingerprint density at radius 3 is 2.55 bits per heavy atom. The second-order valence-electron chi connectivity index (χ2n) is 4.62. The molecule has 0 atom stereocenters. The third-order valence-corrected chi connectivity index (χ3v) is 4.44. The SMILES string of the molecule is CCCCN(C)S(=O)(=O)Nc1ccc(C(=O)O)c(C)c1. The number of aromatic carboxylic acids is 1. The second-order valence-corrected chi connectivity index (χ2v) is 6.39. The van der Waals surface area contributed by atoms with E-state index in [1.54, 1.807) is 6.92 Å². The number of rotatable bonds is 7. The number of hydrogen-bond acceptors (Lipinski definition) is 3. The van der Waals surface area contributed by atoms with E-state index in [1.165, 1.54) is 29.6 Å². The fourth-order valence-corrected chi connectivity index (χ4v) is 2.65. The molecule has 20 heavy (non-hydrogen) atoms. The van der Waals surface area contributed by atoms with Gasteiger partial charge in [-0.2, -0.15) is 12.7 Å². The van der Waals surface area contributed by atoms with Crippen molar-refractivity contribution in [2.24, 2.45) is 0 Å². The molecule has 0 unspecified atom stereocenters. The maximum atomic E-state index is 12.0. The van der Waals surface area contributed by atoms with Crippen LogP contribution in [0.3, 0.4) is 0 Å². The van der Waals surface area contributed by atoms with Crippen LogP contribution in [-0.4, -0.2) is 37.4 Å². The van der Waals surface area contributed by atoms with Crippen LogP contribution in [0.25, 0.3) is 0 Å². The number of aryl methyl sites for hydroxylation is 1. The molecule has 0 aliphatic heterocycles. The van der Waals surface area contributed by atoms with Crippen molar-refractivity contribution in [1.29, 1.82) is 0 Å². The highest BCUT2D eigenvalue weighted by Crippen LogP contribution is 2.17. The van der Waals surface area contributed by atoms with Crippen molar-refractivity contribution in [3.05, 3.63) is 29.3 Å². The van der Waals surface area contributed by atoms with E-state index in [9.17, 15) is 13.2 Å². The molecular weight excluding hydrogens is 280 g/mol. The van der Waals surface area contributed by atoms with Gasteiger partial charge in [-0.05, 0) is 37.1 Å². The fraction of sp³-hybridized carbons (Fsp3) is 0.462. The Morgan fingerprint density at radius 2 is 2.05 bits per heavy atom. The Balaban J connectivity index is 2.87. The van der Waals surface area contributed by atoms with Gasteiger partial charge in [0.25, 0.3) is 0 Å². The number of unbranched alkanes of at least 4 members (excludes halogenated alkanes) is 1. The van der Waals surface area contributed by atoms with Crippen LogP contribution in [0.4, 0.5) is 5.69 Å². The smallest absolute Gasteiger partial charge is 0.335 e. The lowest BCUT2D eigenvalue weighted by atomic mass is 10.1. The minimum absolute atomic E-state index is 0.160. The van der Waals surface area contributed by atoms with Gasteiger partial charge in [-0.1, -0.05) is 13.3 Å². The molecule has 0 bridgehead atoms. The Hall–Kier alpha value is -1.60. The summed E-state index contributed by atoms with van der Waals surface area (Å²) in [5.74, 6) is -1.03. The van der Waals surface area contributed by atoms with Crippen LogP contribution in [-0.2, 0) is 10.2 Å². The number of hydrogen-bond donors (Lipinski definition) is 2. The van der Waals surface area contributed by atoms with Crippen molar-refractivity contribution in [2.75, 3.05) is 18.3 Å². The van der Waals surface area contributed by atoms with Crippen molar-refractivity contribution in [3.8, 4) is 0 Å². The Labute approximate surface area is 119 Å². The highest BCUT2D eigenvalue weighted by Gasteiger charge is 2.17. The Bertz CT molecular complexity index is 584. The molecule has 0 aliphatic carbocycles. The van der Waals surface area contributed by atoms with Crippen molar-refractivity contribution in [2.45, 2.75) is 26.7 Å². The van der Waals surface area contributed by atoms with Gasteiger partial charge in [-0.25, -0.2) is 4.79 Å². The molecule has 0 radical (unpaired) electrons. The monoisotopic (exact) mass is 300 g/mol. The van der Waals surface area contributed by atoms with Gasteiger partial charge in [-0.15, -0.1) is 0 Å². The summed E-state index contributed by atoms with van der Waals surface area (Å²) >= 11 is 0. The summed E-state index contributed by atoms with van der Waals surface area (Å²) in [6.45, 7) is 4.06. The molecule has 0 heterocycles. The maximum absolute atomic E-state index is 12.0. The van der Waals surface area contributed by atoms with E-state index < -0.39 is 16.2 Å². The highest BCUT2D eigenvalue weighted by molar-refractivity contribution is 7.90. The van der Waals surface area contributed by atoms with Gasteiger partial charge in [0.15, 0.2) is 0 Å². The van der Waals surface area contributed by atoms with Gasteiger partial charge in [-0.3, -0.25) is 4.72 Å². The lowest BCUT2D eigenvalue weighted by Gasteiger charge is -2.18. The maximum Gasteiger partial charge on any atom is 0.335 e. The summed E-state index contributed by atoms with van der Waals surface area (Å²) in [4.78, 5) is 10.9. The zero-order valence-electron chi connectivity index (χ0n) is 11.9. The number of nitrogens with zero attached hydrogens (tertiary/aromatic N) is 1. The number of carbonyl (C=O) groups is 1. The molecule has 1 aromatic carbocycles. The van der Waals surface area contributed by atoms with Crippen molar-refractivity contribution < 1.29 is 18.3 Å². The summed E-state index contributed by atoms with van der Waals surface area (Å²) in [5, 5.41) is 8.93. The minimum Gasteiger partial charge on any atom is -0.478 e. The Morgan fingerprint density at radius 1 is 1.40 bits per heavy atom. The van der Waals surface area contributed by atoms with Crippen LogP contribution in [0.5, 0.6) is 0 Å². The second kappa shape index (κ2) is 6.71. The lowest BCUT2D eigenvalue weighted by molar-refractivity contribution is 0.0696. The van der Waals surface area contributed by atoms with E-state index in [0.29, 0.717) is 17.8 Å². The van der Waals surface area contributed by atoms with Gasteiger partial charge in [0.05, 0.1) is 11.3 Å². The normalized spacial score (nSPS) is 11.6. The molecule has 0 amide bonds. The Kier molecular flexibility index (Phi) is 5.52. The average molecular weight is 300 g/mol. The van der Waals surface area contributed by atoms with Gasteiger partial charge < -0.3 is 5.11 Å². The van der Waals surface area contributed by atoms with E-state index in [2.05, 4.69) is 4.72 Å². The molecule has 0 saturated carbocycles. The molecule has 7 heteroatoms. The first-order chi connectivity index (χ1) is 9.27. The molecule has 0 aromatic heterocycles. The van der Waals surface area contributed by atoms with Crippen molar-refractivity contribution in [1.82, 2.24) is 4.31 Å². The van der Waals surface area contributed by atoms with Crippen LogP contribution >= 0.6 is 0 Å². The largest absolute Gasteiger partial charge is 0.478 e. The third kappa shape index (κ3) is 4.21. The van der Waals surface area contributed by atoms with Gasteiger partial charge >= 0.3 is 16.2 Å². The predicted molar refractivity (Wildman–Crippen MR) is 78.2 cm³/mol. The van der Waals surface area contributed by atoms with Crippen LogP contribution in [0.2, 0.25) is 0 Å².